The van der Waals surface area contributed by atoms with Crippen molar-refractivity contribution in [2.45, 2.75) is 12.1 Å². The molecule has 0 fully saturated rings. The van der Waals surface area contributed by atoms with Gasteiger partial charge in [0.1, 0.15) is 4.60 Å². The van der Waals surface area contributed by atoms with Crippen LogP contribution in [0, 0.1) is 6.92 Å². The zero-order valence-corrected chi connectivity index (χ0v) is 9.22. The molecule has 1 aromatic rings. The van der Waals surface area contributed by atoms with Gasteiger partial charge in [-0.3, -0.25) is 4.79 Å². The fourth-order valence-corrected chi connectivity index (χ4v) is 1.94. The van der Waals surface area contributed by atoms with Crippen LogP contribution < -0.4 is 0 Å². The van der Waals surface area contributed by atoms with E-state index in [1.165, 1.54) is 0 Å². The Morgan fingerprint density at radius 2 is 2.38 bits per heavy atom. The second-order valence-electron chi connectivity index (χ2n) is 2.30. The van der Waals surface area contributed by atoms with Crippen molar-refractivity contribution in [1.82, 2.24) is 9.97 Å². The van der Waals surface area contributed by atoms with Gasteiger partial charge in [0.2, 0.25) is 0 Å². The maximum atomic E-state index is 10.3. The van der Waals surface area contributed by atoms with Gasteiger partial charge in [-0.1, -0.05) is 11.8 Å². The predicted molar refractivity (Wildman–Crippen MR) is 52.8 cm³/mol. The van der Waals surface area contributed by atoms with Crippen molar-refractivity contribution in [3.63, 3.8) is 0 Å². The third kappa shape index (κ3) is 3.73. The average molecular weight is 263 g/mol. The van der Waals surface area contributed by atoms with Crippen molar-refractivity contribution in [3.05, 3.63) is 16.4 Å². The molecule has 0 spiro atoms. The van der Waals surface area contributed by atoms with Gasteiger partial charge in [0, 0.05) is 5.69 Å². The number of aryl methyl sites for hydroxylation is 1. The summed E-state index contributed by atoms with van der Waals surface area (Å²) in [7, 11) is 0. The molecule has 0 aliphatic carbocycles. The summed E-state index contributed by atoms with van der Waals surface area (Å²) in [5.41, 5.74) is 0.815. The van der Waals surface area contributed by atoms with Crippen molar-refractivity contribution < 1.29 is 9.90 Å². The van der Waals surface area contributed by atoms with Gasteiger partial charge in [-0.15, -0.1) is 0 Å². The highest BCUT2D eigenvalue weighted by Crippen LogP contribution is 2.16. The fraction of sp³-hybridized carbons (Fsp3) is 0.286. The molecule has 70 valence electrons. The molecule has 0 unspecified atom stereocenters. The molecular formula is C7H7BrN2O2S. The molecule has 4 nitrogen and oxygen atoms in total. The van der Waals surface area contributed by atoms with E-state index in [2.05, 4.69) is 25.9 Å². The Morgan fingerprint density at radius 3 is 2.92 bits per heavy atom. The monoisotopic (exact) mass is 262 g/mol. The summed E-state index contributed by atoms with van der Waals surface area (Å²) in [6.07, 6.45) is 0. The molecular weight excluding hydrogens is 256 g/mol. The predicted octanol–water partition coefficient (Wildman–Crippen LogP) is 1.72. The summed E-state index contributed by atoms with van der Waals surface area (Å²) in [6, 6.07) is 1.77. The van der Waals surface area contributed by atoms with E-state index in [1.807, 2.05) is 6.92 Å². The summed E-state index contributed by atoms with van der Waals surface area (Å²) >= 11 is 4.31. The largest absolute Gasteiger partial charge is 0.481 e. The molecule has 0 saturated carbocycles. The van der Waals surface area contributed by atoms with E-state index >= 15 is 0 Å². The van der Waals surface area contributed by atoms with Gasteiger partial charge >= 0.3 is 5.97 Å². The first-order valence-electron chi connectivity index (χ1n) is 3.43. The molecule has 0 aliphatic rings. The Kier molecular flexibility index (Phi) is 3.68. The van der Waals surface area contributed by atoms with Gasteiger partial charge < -0.3 is 5.11 Å². The maximum absolute atomic E-state index is 10.3. The zero-order valence-electron chi connectivity index (χ0n) is 6.82. The zero-order chi connectivity index (χ0) is 9.84. The van der Waals surface area contributed by atoms with E-state index in [4.69, 9.17) is 5.11 Å². The maximum Gasteiger partial charge on any atom is 0.313 e. The minimum Gasteiger partial charge on any atom is -0.481 e. The Bertz CT molecular complexity index is 312. The van der Waals surface area contributed by atoms with Crippen LogP contribution in [0.4, 0.5) is 0 Å². The lowest BCUT2D eigenvalue weighted by Crippen LogP contribution is -1.99. The van der Waals surface area contributed by atoms with E-state index in [1.54, 1.807) is 6.07 Å². The Morgan fingerprint density at radius 1 is 1.69 bits per heavy atom. The molecule has 0 bridgehead atoms. The van der Waals surface area contributed by atoms with Crippen LogP contribution in [0.5, 0.6) is 0 Å². The summed E-state index contributed by atoms with van der Waals surface area (Å²) in [5.74, 6) is -0.887. The normalized spacial score (nSPS) is 10.0. The number of carbonyl (C=O) groups is 1. The van der Waals surface area contributed by atoms with Crippen LogP contribution in [0.25, 0.3) is 0 Å². The van der Waals surface area contributed by atoms with Crippen LogP contribution >= 0.6 is 27.7 Å². The first kappa shape index (κ1) is 10.5. The van der Waals surface area contributed by atoms with Crippen LogP contribution in [0.15, 0.2) is 15.8 Å². The van der Waals surface area contributed by atoms with Crippen molar-refractivity contribution in [1.29, 1.82) is 0 Å². The number of carboxylic acid groups (broad SMARTS) is 1. The highest BCUT2D eigenvalue weighted by atomic mass is 79.9. The summed E-state index contributed by atoms with van der Waals surface area (Å²) in [5, 5.41) is 8.91. The Labute approximate surface area is 87.9 Å². The van der Waals surface area contributed by atoms with E-state index in [0.29, 0.717) is 9.76 Å². The molecule has 1 N–H and O–H groups in total. The molecule has 13 heavy (non-hydrogen) atoms. The number of rotatable bonds is 3. The van der Waals surface area contributed by atoms with Crippen LogP contribution in [-0.4, -0.2) is 26.8 Å². The van der Waals surface area contributed by atoms with Crippen LogP contribution in [0.3, 0.4) is 0 Å². The lowest BCUT2D eigenvalue weighted by molar-refractivity contribution is -0.133. The molecule has 0 radical (unpaired) electrons. The molecule has 1 aromatic heterocycles. The molecule has 0 amide bonds. The topological polar surface area (TPSA) is 63.1 Å². The number of thioether (sulfide) groups is 1. The SMILES string of the molecule is Cc1cc(Br)nc(SCC(=O)O)n1. The summed E-state index contributed by atoms with van der Waals surface area (Å²) < 4.78 is 0.674. The van der Waals surface area contributed by atoms with Gasteiger partial charge in [0.25, 0.3) is 0 Å². The average Bonchev–Trinajstić information content (AvgIpc) is 1.99. The third-order valence-electron chi connectivity index (χ3n) is 1.13. The highest BCUT2D eigenvalue weighted by Gasteiger charge is 2.03. The van der Waals surface area contributed by atoms with Crippen molar-refractivity contribution in [2.75, 3.05) is 5.75 Å². The van der Waals surface area contributed by atoms with E-state index in [0.717, 1.165) is 17.5 Å². The van der Waals surface area contributed by atoms with Gasteiger partial charge in [0.05, 0.1) is 5.75 Å². The van der Waals surface area contributed by atoms with Crippen LogP contribution in [0.2, 0.25) is 0 Å². The minimum absolute atomic E-state index is 0.0180. The van der Waals surface area contributed by atoms with Crippen LogP contribution in [-0.2, 0) is 4.79 Å². The number of aliphatic carboxylic acids is 1. The smallest absolute Gasteiger partial charge is 0.313 e. The van der Waals surface area contributed by atoms with E-state index in [-0.39, 0.29) is 5.75 Å². The third-order valence-corrected chi connectivity index (χ3v) is 2.37. The molecule has 0 atom stereocenters. The molecule has 1 heterocycles. The Balaban J connectivity index is 2.71. The number of hydrogen-bond acceptors (Lipinski definition) is 4. The van der Waals surface area contributed by atoms with Gasteiger partial charge in [-0.05, 0) is 28.9 Å². The summed E-state index contributed by atoms with van der Waals surface area (Å²) in [4.78, 5) is 18.3. The molecule has 0 saturated heterocycles. The second kappa shape index (κ2) is 4.57. The number of hydrogen-bond donors (Lipinski definition) is 1. The van der Waals surface area contributed by atoms with E-state index in [9.17, 15) is 4.79 Å². The lowest BCUT2D eigenvalue weighted by Gasteiger charge is -1.99. The number of aromatic nitrogens is 2. The van der Waals surface area contributed by atoms with Gasteiger partial charge in [0.15, 0.2) is 5.16 Å². The quantitative estimate of drug-likeness (QED) is 0.511. The van der Waals surface area contributed by atoms with Crippen molar-refractivity contribution in [3.8, 4) is 0 Å². The molecule has 1 rings (SSSR count). The van der Waals surface area contributed by atoms with Crippen molar-refractivity contribution in [2.24, 2.45) is 0 Å². The summed E-state index contributed by atoms with van der Waals surface area (Å²) in [6.45, 7) is 1.83. The van der Waals surface area contributed by atoms with Gasteiger partial charge in [-0.2, -0.15) is 0 Å². The van der Waals surface area contributed by atoms with Crippen molar-refractivity contribution >= 4 is 33.7 Å². The molecule has 0 aliphatic heterocycles. The minimum atomic E-state index is -0.869. The fourth-order valence-electron chi connectivity index (χ4n) is 0.695. The second-order valence-corrected chi connectivity index (χ2v) is 4.05. The number of nitrogens with zero attached hydrogens (tertiary/aromatic N) is 2. The van der Waals surface area contributed by atoms with Gasteiger partial charge in [-0.25, -0.2) is 9.97 Å². The highest BCUT2D eigenvalue weighted by molar-refractivity contribution is 9.10. The first-order chi connectivity index (χ1) is 6.08. The first-order valence-corrected chi connectivity index (χ1v) is 5.21. The lowest BCUT2D eigenvalue weighted by atomic mass is 10.5. The molecule has 6 heteroatoms. The number of halogens is 1. The van der Waals surface area contributed by atoms with E-state index < -0.39 is 5.97 Å². The van der Waals surface area contributed by atoms with Crippen LogP contribution in [0.1, 0.15) is 5.69 Å². The molecule has 0 aromatic carbocycles. The number of carboxylic acids is 1. The standard InChI is InChI=1S/C7H7BrN2O2S/c1-4-2-5(8)10-7(9-4)13-3-6(11)12/h2H,3H2,1H3,(H,11,12). The Hall–Kier alpha value is -0.620.